The number of carbonyl (C=O) groups excluding carboxylic acids is 1. The van der Waals surface area contributed by atoms with Crippen molar-refractivity contribution < 1.29 is 14.4 Å². The van der Waals surface area contributed by atoms with Gasteiger partial charge in [0.15, 0.2) is 0 Å². The molecule has 6 heteroatoms. The van der Waals surface area contributed by atoms with Crippen molar-refractivity contribution in [1.29, 1.82) is 0 Å². The Morgan fingerprint density at radius 2 is 2.13 bits per heavy atom. The topological polar surface area (TPSA) is 59.9 Å². The molecule has 0 spiro atoms. The highest BCUT2D eigenvalue weighted by Crippen LogP contribution is 2.23. The monoisotopic (exact) mass is 234 g/mol. The van der Waals surface area contributed by atoms with Gasteiger partial charge in [0.05, 0.1) is 17.1 Å². The van der Waals surface area contributed by atoms with Crippen LogP contribution in [0.25, 0.3) is 0 Å². The molecule has 0 unspecified atom stereocenters. The number of hydrogen-bond acceptors (Lipinski definition) is 5. The number of carbonyl (C=O) groups is 1. The second-order valence-corrected chi connectivity index (χ2v) is 4.74. The number of hydrogen-bond donors (Lipinski definition) is 1. The highest BCUT2D eigenvalue weighted by Gasteiger charge is 2.25. The fourth-order valence-electron chi connectivity index (χ4n) is 0.707. The summed E-state index contributed by atoms with van der Waals surface area (Å²) in [7, 11) is 3.05. The lowest BCUT2D eigenvalue weighted by molar-refractivity contribution is 0.150. The first-order valence-electron chi connectivity index (χ1n) is 4.48. The van der Waals surface area contributed by atoms with Crippen LogP contribution in [-0.2, 0) is 9.57 Å². The molecule has 1 N–H and O–H groups in total. The molecule has 0 aliphatic carbocycles. The molecule has 88 valence electrons. The van der Waals surface area contributed by atoms with Gasteiger partial charge in [-0.2, -0.15) is 11.8 Å². The summed E-state index contributed by atoms with van der Waals surface area (Å²) in [6, 6.07) is 0. The van der Waals surface area contributed by atoms with Crippen LogP contribution in [0, 0.1) is 0 Å². The first kappa shape index (κ1) is 14.2. The summed E-state index contributed by atoms with van der Waals surface area (Å²) in [5.74, 6) is 0. The molecule has 0 aliphatic heterocycles. The first-order valence-corrected chi connectivity index (χ1v) is 5.70. The minimum Gasteiger partial charge on any atom is -0.379 e. The molecule has 0 aromatic rings. The predicted molar refractivity (Wildman–Crippen MR) is 62.4 cm³/mol. The van der Waals surface area contributed by atoms with Gasteiger partial charge in [-0.3, -0.25) is 4.84 Å². The van der Waals surface area contributed by atoms with Crippen molar-refractivity contribution in [2.75, 3.05) is 27.0 Å². The number of ether oxygens (including phenoxy) is 1. The molecule has 0 atom stereocenters. The number of rotatable bonds is 5. The van der Waals surface area contributed by atoms with Crippen molar-refractivity contribution in [2.24, 2.45) is 5.16 Å². The zero-order chi connectivity index (χ0) is 11.9. The molecule has 0 saturated carbocycles. The molecule has 0 aromatic heterocycles. The molecule has 0 heterocycles. The molecule has 0 saturated heterocycles. The molecule has 1 amide bonds. The average Bonchev–Trinajstić information content (AvgIpc) is 2.23. The Morgan fingerprint density at radius 3 is 2.53 bits per heavy atom. The van der Waals surface area contributed by atoms with Crippen LogP contribution in [0.1, 0.15) is 13.8 Å². The molecule has 0 bridgehead atoms. The maximum absolute atomic E-state index is 10.8. The third-order valence-corrected chi connectivity index (χ3v) is 3.19. The predicted octanol–water partition coefficient (Wildman–Crippen LogP) is 1.49. The number of nitrogens with one attached hydrogen (secondary N) is 1. The fraction of sp³-hybridized carbons (Fsp3) is 0.778. The maximum Gasteiger partial charge on any atom is 0.433 e. The summed E-state index contributed by atoms with van der Waals surface area (Å²) in [4.78, 5) is 15.5. The van der Waals surface area contributed by atoms with Gasteiger partial charge >= 0.3 is 6.09 Å². The molecule has 5 nitrogen and oxygen atoms in total. The Morgan fingerprint density at radius 1 is 1.53 bits per heavy atom. The third kappa shape index (κ3) is 5.03. The molecular weight excluding hydrogens is 216 g/mol. The van der Waals surface area contributed by atoms with Crippen LogP contribution in [-0.4, -0.2) is 43.6 Å². The van der Waals surface area contributed by atoms with Gasteiger partial charge in [0.2, 0.25) is 0 Å². The van der Waals surface area contributed by atoms with Gasteiger partial charge in [-0.25, -0.2) is 4.79 Å². The zero-order valence-electron chi connectivity index (χ0n) is 9.79. The normalized spacial score (nSPS) is 12.5. The molecular formula is C9H18N2O3S. The van der Waals surface area contributed by atoms with Crippen molar-refractivity contribution in [3.05, 3.63) is 0 Å². The molecule has 0 fully saturated rings. The number of oxime groups is 1. The van der Waals surface area contributed by atoms with E-state index in [0.717, 1.165) is 0 Å². The lowest BCUT2D eigenvalue weighted by Crippen LogP contribution is -2.32. The van der Waals surface area contributed by atoms with E-state index in [1.807, 2.05) is 20.1 Å². The smallest absolute Gasteiger partial charge is 0.379 e. The fourth-order valence-corrected chi connectivity index (χ4v) is 1.04. The van der Waals surface area contributed by atoms with E-state index < -0.39 is 6.09 Å². The Labute approximate surface area is 94.6 Å². The maximum atomic E-state index is 10.8. The molecule has 15 heavy (non-hydrogen) atoms. The summed E-state index contributed by atoms with van der Waals surface area (Å²) in [5.41, 5.74) is 0.682. The Hall–Kier alpha value is -0.750. The van der Waals surface area contributed by atoms with Crippen molar-refractivity contribution in [3.63, 3.8) is 0 Å². The number of thioether (sulfide) groups is 1. The van der Waals surface area contributed by atoms with E-state index in [9.17, 15) is 4.79 Å². The van der Waals surface area contributed by atoms with Crippen LogP contribution in [0.15, 0.2) is 5.16 Å². The van der Waals surface area contributed by atoms with Crippen LogP contribution in [0.2, 0.25) is 0 Å². The summed E-state index contributed by atoms with van der Waals surface area (Å²) >= 11 is 1.61. The van der Waals surface area contributed by atoms with Crippen molar-refractivity contribution in [3.8, 4) is 0 Å². The average molecular weight is 234 g/mol. The number of methoxy groups -OCH3 is 1. The molecule has 0 aromatic carbocycles. The van der Waals surface area contributed by atoms with E-state index in [1.165, 1.54) is 7.05 Å². The molecule has 0 aliphatic rings. The van der Waals surface area contributed by atoms with Gasteiger partial charge in [-0.05, 0) is 20.1 Å². The Bertz CT molecular complexity index is 242. The van der Waals surface area contributed by atoms with Gasteiger partial charge < -0.3 is 10.1 Å². The van der Waals surface area contributed by atoms with Crippen molar-refractivity contribution in [1.82, 2.24) is 5.32 Å². The lowest BCUT2D eigenvalue weighted by Gasteiger charge is -2.22. The van der Waals surface area contributed by atoms with Crippen LogP contribution in [0.4, 0.5) is 4.79 Å². The quantitative estimate of drug-likeness (QED) is 0.445. The second-order valence-electron chi connectivity index (χ2n) is 3.31. The van der Waals surface area contributed by atoms with Gasteiger partial charge in [0.1, 0.15) is 0 Å². The van der Waals surface area contributed by atoms with Crippen LogP contribution in [0.3, 0.4) is 0 Å². The van der Waals surface area contributed by atoms with Gasteiger partial charge in [0, 0.05) is 14.2 Å². The minimum atomic E-state index is -0.583. The summed E-state index contributed by atoms with van der Waals surface area (Å²) in [6.45, 7) is 4.32. The van der Waals surface area contributed by atoms with E-state index in [-0.39, 0.29) is 4.75 Å². The third-order valence-electron chi connectivity index (χ3n) is 1.93. The van der Waals surface area contributed by atoms with E-state index in [4.69, 9.17) is 4.74 Å². The van der Waals surface area contributed by atoms with Gasteiger partial charge in [-0.15, -0.1) is 0 Å². The Kier molecular flexibility index (Phi) is 6.35. The summed E-state index contributed by atoms with van der Waals surface area (Å²) < 4.78 is 4.78. The van der Waals surface area contributed by atoms with Crippen molar-refractivity contribution in [2.45, 2.75) is 18.6 Å². The van der Waals surface area contributed by atoms with Gasteiger partial charge in [-0.1, -0.05) is 5.16 Å². The van der Waals surface area contributed by atoms with E-state index >= 15 is 0 Å². The van der Waals surface area contributed by atoms with Crippen LogP contribution >= 0.6 is 11.8 Å². The molecule has 0 rings (SSSR count). The number of nitrogens with zero attached hydrogens (tertiary/aromatic N) is 1. The zero-order valence-corrected chi connectivity index (χ0v) is 10.6. The lowest BCUT2D eigenvalue weighted by atomic mass is 10.1. The van der Waals surface area contributed by atoms with E-state index in [2.05, 4.69) is 15.3 Å². The SMILES string of the molecule is CNC(=O)ON=C(COC)C(C)(C)SC. The Balaban J connectivity index is 4.57. The molecule has 0 radical (unpaired) electrons. The summed E-state index contributed by atoms with van der Waals surface area (Å²) in [6.07, 6.45) is 1.38. The second kappa shape index (κ2) is 6.68. The highest BCUT2D eigenvalue weighted by atomic mass is 32.2. The van der Waals surface area contributed by atoms with Crippen LogP contribution < -0.4 is 5.32 Å². The van der Waals surface area contributed by atoms with Crippen LogP contribution in [0.5, 0.6) is 0 Å². The van der Waals surface area contributed by atoms with Crippen molar-refractivity contribution >= 4 is 23.6 Å². The largest absolute Gasteiger partial charge is 0.433 e. The van der Waals surface area contributed by atoms with Gasteiger partial charge in [0.25, 0.3) is 0 Å². The first-order chi connectivity index (χ1) is 6.97. The standard InChI is InChI=1S/C9H18N2O3S/c1-9(2,15-5)7(6-13-4)11-14-8(12)10-3/h6H2,1-5H3,(H,10,12). The highest BCUT2D eigenvalue weighted by molar-refractivity contribution is 8.00. The summed E-state index contributed by atoms with van der Waals surface area (Å²) in [5, 5.41) is 6.10. The minimum absolute atomic E-state index is 0.218. The number of amides is 1. The van der Waals surface area contributed by atoms with E-state index in [1.54, 1.807) is 18.9 Å². The van der Waals surface area contributed by atoms with E-state index in [0.29, 0.717) is 12.3 Å².